The molecule has 3 rings (SSSR count). The Bertz CT molecular complexity index is 756. The number of piperazine rings is 1. The van der Waals surface area contributed by atoms with Gasteiger partial charge in [0.1, 0.15) is 6.04 Å². The minimum absolute atomic E-state index is 0.0359. The SMILES string of the molecule is CCN1CCN(c2ccc(N[C@@H](C)c3nc(C(C)(C)C)no3)c(C)c2)CC1. The van der Waals surface area contributed by atoms with Gasteiger partial charge in [-0.2, -0.15) is 4.98 Å². The zero-order valence-corrected chi connectivity index (χ0v) is 17.5. The van der Waals surface area contributed by atoms with Crippen molar-refractivity contribution in [2.45, 2.75) is 53.0 Å². The van der Waals surface area contributed by atoms with Crippen LogP contribution in [0.2, 0.25) is 0 Å². The van der Waals surface area contributed by atoms with Crippen molar-refractivity contribution in [1.82, 2.24) is 15.0 Å². The molecule has 1 atom stereocenters. The monoisotopic (exact) mass is 371 g/mol. The zero-order valence-electron chi connectivity index (χ0n) is 17.5. The number of hydrogen-bond acceptors (Lipinski definition) is 6. The van der Waals surface area contributed by atoms with Crippen LogP contribution in [-0.4, -0.2) is 47.8 Å². The molecule has 27 heavy (non-hydrogen) atoms. The highest BCUT2D eigenvalue weighted by molar-refractivity contribution is 5.60. The number of benzene rings is 1. The third kappa shape index (κ3) is 4.61. The van der Waals surface area contributed by atoms with E-state index in [9.17, 15) is 0 Å². The molecule has 2 heterocycles. The van der Waals surface area contributed by atoms with Crippen molar-refractivity contribution in [2.75, 3.05) is 42.9 Å². The van der Waals surface area contributed by atoms with E-state index in [0.717, 1.165) is 44.2 Å². The van der Waals surface area contributed by atoms with Gasteiger partial charge in [-0.15, -0.1) is 0 Å². The van der Waals surface area contributed by atoms with Crippen LogP contribution < -0.4 is 10.2 Å². The van der Waals surface area contributed by atoms with E-state index in [1.165, 1.54) is 11.3 Å². The lowest BCUT2D eigenvalue weighted by atomic mass is 9.96. The fourth-order valence-electron chi connectivity index (χ4n) is 3.34. The van der Waals surface area contributed by atoms with Crippen molar-refractivity contribution in [3.63, 3.8) is 0 Å². The number of nitrogens with one attached hydrogen (secondary N) is 1. The van der Waals surface area contributed by atoms with Gasteiger partial charge in [0.25, 0.3) is 0 Å². The number of likely N-dealkylation sites (N-methyl/N-ethyl adjacent to an activating group) is 1. The molecule has 1 N–H and O–H groups in total. The van der Waals surface area contributed by atoms with Crippen LogP contribution in [0.25, 0.3) is 0 Å². The summed E-state index contributed by atoms with van der Waals surface area (Å²) < 4.78 is 5.47. The second-order valence-electron chi connectivity index (χ2n) is 8.49. The molecular weight excluding hydrogens is 338 g/mol. The minimum Gasteiger partial charge on any atom is -0.374 e. The van der Waals surface area contributed by atoms with Crippen LogP contribution in [0.3, 0.4) is 0 Å². The van der Waals surface area contributed by atoms with Crippen LogP contribution in [0.5, 0.6) is 0 Å². The summed E-state index contributed by atoms with van der Waals surface area (Å²) in [6, 6.07) is 6.60. The van der Waals surface area contributed by atoms with Gasteiger partial charge in [-0.05, 0) is 44.2 Å². The first kappa shape index (κ1) is 19.7. The molecule has 6 heteroatoms. The predicted molar refractivity (Wildman–Crippen MR) is 111 cm³/mol. The molecule has 0 saturated carbocycles. The van der Waals surface area contributed by atoms with Gasteiger partial charge in [0.05, 0.1) is 0 Å². The van der Waals surface area contributed by atoms with Crippen molar-refractivity contribution < 1.29 is 4.52 Å². The van der Waals surface area contributed by atoms with E-state index < -0.39 is 0 Å². The number of rotatable bonds is 5. The summed E-state index contributed by atoms with van der Waals surface area (Å²) in [6.45, 7) is 18.3. The first-order valence-electron chi connectivity index (χ1n) is 9.96. The summed E-state index contributed by atoms with van der Waals surface area (Å²) in [6.07, 6.45) is 0. The van der Waals surface area contributed by atoms with Crippen LogP contribution >= 0.6 is 0 Å². The lowest BCUT2D eigenvalue weighted by Crippen LogP contribution is -2.46. The van der Waals surface area contributed by atoms with Gasteiger partial charge in [-0.25, -0.2) is 0 Å². The lowest BCUT2D eigenvalue weighted by Gasteiger charge is -2.35. The third-order valence-corrected chi connectivity index (χ3v) is 5.25. The molecule has 0 unspecified atom stereocenters. The van der Waals surface area contributed by atoms with Crippen LogP contribution in [0.1, 0.15) is 57.9 Å². The average Bonchev–Trinajstić information content (AvgIpc) is 3.14. The fraction of sp³-hybridized carbons (Fsp3) is 0.619. The Morgan fingerprint density at radius 2 is 1.89 bits per heavy atom. The number of aryl methyl sites for hydroxylation is 1. The van der Waals surface area contributed by atoms with Crippen LogP contribution in [0, 0.1) is 6.92 Å². The molecule has 0 amide bonds. The molecule has 2 aromatic rings. The number of aromatic nitrogens is 2. The van der Waals surface area contributed by atoms with Crippen molar-refractivity contribution in [3.8, 4) is 0 Å². The Hall–Kier alpha value is -2.08. The van der Waals surface area contributed by atoms with Gasteiger partial charge in [0.15, 0.2) is 5.82 Å². The summed E-state index contributed by atoms with van der Waals surface area (Å²) in [5.41, 5.74) is 3.52. The van der Waals surface area contributed by atoms with E-state index in [4.69, 9.17) is 4.52 Å². The Morgan fingerprint density at radius 3 is 2.44 bits per heavy atom. The highest BCUT2D eigenvalue weighted by atomic mass is 16.5. The highest BCUT2D eigenvalue weighted by Gasteiger charge is 2.23. The van der Waals surface area contributed by atoms with Gasteiger partial charge < -0.3 is 19.6 Å². The summed E-state index contributed by atoms with van der Waals surface area (Å²) >= 11 is 0. The maximum absolute atomic E-state index is 5.47. The first-order valence-corrected chi connectivity index (χ1v) is 9.96. The Kier molecular flexibility index (Phi) is 5.75. The lowest BCUT2D eigenvalue weighted by molar-refractivity contribution is 0.271. The van der Waals surface area contributed by atoms with Crippen LogP contribution in [0.15, 0.2) is 22.7 Å². The van der Waals surface area contributed by atoms with Crippen molar-refractivity contribution in [3.05, 3.63) is 35.5 Å². The Balaban J connectivity index is 1.66. The quantitative estimate of drug-likeness (QED) is 0.858. The van der Waals surface area contributed by atoms with Gasteiger partial charge in [0.2, 0.25) is 5.89 Å². The molecule has 0 aliphatic carbocycles. The standard InChI is InChI=1S/C21H33N5O/c1-7-25-10-12-26(13-11-25)17-8-9-18(15(2)14-17)22-16(3)19-23-20(24-27-19)21(4,5)6/h8-9,14,16,22H,7,10-13H2,1-6H3/t16-/m0/s1. The third-order valence-electron chi connectivity index (χ3n) is 5.25. The molecule has 1 fully saturated rings. The topological polar surface area (TPSA) is 57.4 Å². The largest absolute Gasteiger partial charge is 0.374 e. The second-order valence-corrected chi connectivity index (χ2v) is 8.49. The maximum Gasteiger partial charge on any atom is 0.248 e. The Morgan fingerprint density at radius 1 is 1.19 bits per heavy atom. The van der Waals surface area contributed by atoms with E-state index in [0.29, 0.717) is 5.89 Å². The van der Waals surface area contributed by atoms with E-state index in [1.807, 2.05) is 0 Å². The zero-order chi connectivity index (χ0) is 19.6. The smallest absolute Gasteiger partial charge is 0.248 e. The van der Waals surface area contributed by atoms with E-state index >= 15 is 0 Å². The Labute approximate surface area is 162 Å². The fourth-order valence-corrected chi connectivity index (χ4v) is 3.34. The normalized spacial score (nSPS) is 17.2. The van der Waals surface area contributed by atoms with Gasteiger partial charge in [-0.1, -0.05) is 32.9 Å². The maximum atomic E-state index is 5.47. The van der Waals surface area contributed by atoms with Crippen LogP contribution in [0.4, 0.5) is 11.4 Å². The molecule has 0 radical (unpaired) electrons. The van der Waals surface area contributed by atoms with Gasteiger partial charge in [0, 0.05) is 43.0 Å². The molecule has 0 bridgehead atoms. The number of hydrogen-bond donors (Lipinski definition) is 1. The molecule has 148 valence electrons. The van der Waals surface area contributed by atoms with Crippen LogP contribution in [-0.2, 0) is 5.41 Å². The second kappa shape index (κ2) is 7.89. The van der Waals surface area contributed by atoms with E-state index in [1.54, 1.807) is 0 Å². The average molecular weight is 372 g/mol. The molecular formula is C21H33N5O. The molecule has 1 aliphatic heterocycles. The number of anilines is 2. The van der Waals surface area contributed by atoms with Crippen molar-refractivity contribution in [2.24, 2.45) is 0 Å². The highest BCUT2D eigenvalue weighted by Crippen LogP contribution is 2.27. The van der Waals surface area contributed by atoms with Crippen molar-refractivity contribution >= 4 is 11.4 Å². The molecule has 1 aromatic carbocycles. The van der Waals surface area contributed by atoms with Gasteiger partial charge >= 0.3 is 0 Å². The van der Waals surface area contributed by atoms with E-state index in [-0.39, 0.29) is 11.5 Å². The summed E-state index contributed by atoms with van der Waals surface area (Å²) in [5.74, 6) is 1.36. The molecule has 1 aliphatic rings. The summed E-state index contributed by atoms with van der Waals surface area (Å²) in [7, 11) is 0. The van der Waals surface area contributed by atoms with E-state index in [2.05, 4.69) is 85.0 Å². The minimum atomic E-state index is -0.110. The number of nitrogens with zero attached hydrogens (tertiary/aromatic N) is 4. The molecule has 1 aromatic heterocycles. The predicted octanol–water partition coefficient (Wildman–Crippen LogP) is 3.99. The van der Waals surface area contributed by atoms with Gasteiger partial charge in [-0.3, -0.25) is 0 Å². The first-order chi connectivity index (χ1) is 12.8. The summed E-state index contributed by atoms with van der Waals surface area (Å²) in [5, 5.41) is 7.64. The van der Waals surface area contributed by atoms with Crippen molar-refractivity contribution in [1.29, 1.82) is 0 Å². The molecule has 0 spiro atoms. The summed E-state index contributed by atoms with van der Waals surface area (Å²) in [4.78, 5) is 9.53. The molecule has 6 nitrogen and oxygen atoms in total. The molecule has 1 saturated heterocycles.